The standard InChI is InChI=1S/C8H14N2O3/c1-2-5(6(11)12)10-7(13)8(9)3-4-8/h5H,2-4,9H2,1H3,(H,10,13)(H,11,12)/t5-/m1/s1. The molecule has 0 aromatic rings. The largest absolute Gasteiger partial charge is 0.480 e. The van der Waals surface area contributed by atoms with Crippen LogP contribution in [0.2, 0.25) is 0 Å². The van der Waals surface area contributed by atoms with E-state index >= 15 is 0 Å². The Kier molecular flexibility index (Phi) is 2.56. The van der Waals surface area contributed by atoms with Crippen molar-refractivity contribution in [2.75, 3.05) is 0 Å². The van der Waals surface area contributed by atoms with E-state index in [1.807, 2.05) is 0 Å². The highest BCUT2D eigenvalue weighted by molar-refractivity contribution is 5.92. The molecule has 0 bridgehead atoms. The van der Waals surface area contributed by atoms with Crippen LogP contribution < -0.4 is 11.1 Å². The molecule has 5 nitrogen and oxygen atoms in total. The van der Waals surface area contributed by atoms with E-state index in [1.54, 1.807) is 6.92 Å². The van der Waals surface area contributed by atoms with Crippen LogP contribution in [0.5, 0.6) is 0 Å². The summed E-state index contributed by atoms with van der Waals surface area (Å²) < 4.78 is 0. The van der Waals surface area contributed by atoms with Crippen molar-refractivity contribution in [3.05, 3.63) is 0 Å². The van der Waals surface area contributed by atoms with E-state index in [-0.39, 0.29) is 5.91 Å². The van der Waals surface area contributed by atoms with Crippen molar-refractivity contribution in [1.82, 2.24) is 5.32 Å². The van der Waals surface area contributed by atoms with Gasteiger partial charge in [0.05, 0.1) is 5.54 Å². The van der Waals surface area contributed by atoms with Gasteiger partial charge in [-0.15, -0.1) is 0 Å². The quantitative estimate of drug-likeness (QED) is 0.549. The van der Waals surface area contributed by atoms with Gasteiger partial charge in [-0.05, 0) is 19.3 Å². The van der Waals surface area contributed by atoms with E-state index in [9.17, 15) is 9.59 Å². The average Bonchev–Trinajstić information content (AvgIpc) is 2.79. The summed E-state index contributed by atoms with van der Waals surface area (Å²) >= 11 is 0. The Morgan fingerprint density at radius 1 is 1.62 bits per heavy atom. The van der Waals surface area contributed by atoms with Gasteiger partial charge in [0.1, 0.15) is 6.04 Å². The lowest BCUT2D eigenvalue weighted by Gasteiger charge is -2.15. The number of carbonyl (C=O) groups is 2. The lowest BCUT2D eigenvalue weighted by molar-refractivity contribution is -0.142. The first-order valence-electron chi connectivity index (χ1n) is 4.32. The molecule has 1 rings (SSSR count). The van der Waals surface area contributed by atoms with Crippen molar-refractivity contribution in [3.63, 3.8) is 0 Å². The Bertz CT molecular complexity index is 236. The molecule has 0 aliphatic heterocycles. The van der Waals surface area contributed by atoms with Crippen molar-refractivity contribution in [2.45, 2.75) is 37.8 Å². The van der Waals surface area contributed by atoms with Gasteiger partial charge in [-0.25, -0.2) is 4.79 Å². The summed E-state index contributed by atoms with van der Waals surface area (Å²) in [7, 11) is 0. The molecule has 74 valence electrons. The van der Waals surface area contributed by atoms with Crippen LogP contribution in [-0.2, 0) is 9.59 Å². The summed E-state index contributed by atoms with van der Waals surface area (Å²) in [4.78, 5) is 21.9. The third-order valence-electron chi connectivity index (χ3n) is 2.25. The van der Waals surface area contributed by atoms with Gasteiger partial charge in [-0.2, -0.15) is 0 Å². The molecule has 13 heavy (non-hydrogen) atoms. The summed E-state index contributed by atoms with van der Waals surface area (Å²) in [5.74, 6) is -1.36. The van der Waals surface area contributed by atoms with E-state index in [4.69, 9.17) is 10.8 Å². The Labute approximate surface area is 76.3 Å². The van der Waals surface area contributed by atoms with Crippen LogP contribution in [0.4, 0.5) is 0 Å². The van der Waals surface area contributed by atoms with Gasteiger partial charge in [0.15, 0.2) is 0 Å². The zero-order valence-electron chi connectivity index (χ0n) is 7.54. The SMILES string of the molecule is CC[C@@H](NC(=O)C1(N)CC1)C(=O)O. The highest BCUT2D eigenvalue weighted by atomic mass is 16.4. The molecule has 1 atom stereocenters. The molecular weight excluding hydrogens is 172 g/mol. The van der Waals surface area contributed by atoms with Gasteiger partial charge >= 0.3 is 5.97 Å². The molecule has 1 fully saturated rings. The van der Waals surface area contributed by atoms with Gasteiger partial charge in [-0.1, -0.05) is 6.92 Å². The minimum absolute atomic E-state index is 0.346. The van der Waals surface area contributed by atoms with Crippen molar-refractivity contribution >= 4 is 11.9 Å². The first-order chi connectivity index (χ1) is 5.99. The lowest BCUT2D eigenvalue weighted by atomic mass is 10.2. The summed E-state index contributed by atoms with van der Waals surface area (Å²) in [6, 6.07) is -0.812. The van der Waals surface area contributed by atoms with Gasteiger partial charge in [-0.3, -0.25) is 4.79 Å². The second kappa shape index (κ2) is 3.33. The molecule has 4 N–H and O–H groups in total. The first-order valence-corrected chi connectivity index (χ1v) is 4.32. The van der Waals surface area contributed by atoms with Crippen LogP contribution in [0.3, 0.4) is 0 Å². The molecule has 1 amide bonds. The number of amides is 1. The highest BCUT2D eigenvalue weighted by Gasteiger charge is 2.46. The fraction of sp³-hybridized carbons (Fsp3) is 0.750. The first kappa shape index (κ1) is 9.98. The summed E-state index contributed by atoms with van der Waals surface area (Å²) in [6.45, 7) is 1.70. The number of hydrogen-bond acceptors (Lipinski definition) is 3. The third kappa shape index (κ3) is 2.18. The van der Waals surface area contributed by atoms with Crippen LogP contribution in [0, 0.1) is 0 Å². The predicted octanol–water partition coefficient (Wildman–Crippen LogP) is -0.543. The zero-order valence-corrected chi connectivity index (χ0v) is 7.54. The second-order valence-electron chi connectivity index (χ2n) is 3.43. The number of hydrogen-bond donors (Lipinski definition) is 3. The fourth-order valence-electron chi connectivity index (χ4n) is 1.00. The molecule has 1 aliphatic rings. The number of rotatable bonds is 4. The Hall–Kier alpha value is -1.10. The third-order valence-corrected chi connectivity index (χ3v) is 2.25. The van der Waals surface area contributed by atoms with Crippen LogP contribution in [0.25, 0.3) is 0 Å². The monoisotopic (exact) mass is 186 g/mol. The fourth-order valence-corrected chi connectivity index (χ4v) is 1.00. The predicted molar refractivity (Wildman–Crippen MR) is 46.0 cm³/mol. The van der Waals surface area contributed by atoms with E-state index < -0.39 is 17.6 Å². The Morgan fingerprint density at radius 2 is 2.15 bits per heavy atom. The minimum atomic E-state index is -1.01. The van der Waals surface area contributed by atoms with E-state index in [0.717, 1.165) is 0 Å². The van der Waals surface area contributed by atoms with Crippen LogP contribution in [0.1, 0.15) is 26.2 Å². The number of aliphatic carboxylic acids is 1. The van der Waals surface area contributed by atoms with Crippen LogP contribution >= 0.6 is 0 Å². The molecule has 0 unspecified atom stereocenters. The van der Waals surface area contributed by atoms with E-state index in [2.05, 4.69) is 5.32 Å². The summed E-state index contributed by atoms with van der Waals surface area (Å²) in [6.07, 6.45) is 1.67. The smallest absolute Gasteiger partial charge is 0.326 e. The second-order valence-corrected chi connectivity index (χ2v) is 3.43. The van der Waals surface area contributed by atoms with E-state index in [1.165, 1.54) is 0 Å². The molecule has 0 spiro atoms. The van der Waals surface area contributed by atoms with Crippen LogP contribution in [-0.4, -0.2) is 28.6 Å². The van der Waals surface area contributed by atoms with Crippen LogP contribution in [0.15, 0.2) is 0 Å². The molecule has 1 saturated carbocycles. The molecule has 0 saturated heterocycles. The van der Waals surface area contributed by atoms with Gasteiger partial charge in [0.25, 0.3) is 0 Å². The van der Waals surface area contributed by atoms with Gasteiger partial charge in [0.2, 0.25) is 5.91 Å². The summed E-state index contributed by atoms with van der Waals surface area (Å²) in [5.41, 5.74) is 4.80. The minimum Gasteiger partial charge on any atom is -0.480 e. The highest BCUT2D eigenvalue weighted by Crippen LogP contribution is 2.32. The Morgan fingerprint density at radius 3 is 2.46 bits per heavy atom. The molecule has 1 aliphatic carbocycles. The van der Waals surface area contributed by atoms with Crippen molar-refractivity contribution < 1.29 is 14.7 Å². The van der Waals surface area contributed by atoms with Gasteiger partial charge < -0.3 is 16.2 Å². The zero-order chi connectivity index (χ0) is 10.1. The van der Waals surface area contributed by atoms with Crippen molar-refractivity contribution in [2.24, 2.45) is 5.73 Å². The number of nitrogens with two attached hydrogens (primary N) is 1. The number of carbonyl (C=O) groups excluding carboxylic acids is 1. The molecule has 0 aromatic heterocycles. The molecule has 0 heterocycles. The normalized spacial score (nSPS) is 20.5. The number of nitrogens with one attached hydrogen (secondary N) is 1. The summed E-state index contributed by atoms with van der Waals surface area (Å²) in [5, 5.41) is 11.1. The topological polar surface area (TPSA) is 92.4 Å². The number of carboxylic acid groups (broad SMARTS) is 1. The lowest BCUT2D eigenvalue weighted by Crippen LogP contribution is -2.49. The number of carboxylic acids is 1. The molecule has 5 heteroatoms. The molecule has 0 radical (unpaired) electrons. The van der Waals surface area contributed by atoms with Gasteiger partial charge in [0, 0.05) is 0 Å². The van der Waals surface area contributed by atoms with Crippen molar-refractivity contribution in [1.29, 1.82) is 0 Å². The molecule has 0 aromatic carbocycles. The maximum absolute atomic E-state index is 11.3. The average molecular weight is 186 g/mol. The maximum Gasteiger partial charge on any atom is 0.326 e. The van der Waals surface area contributed by atoms with E-state index in [0.29, 0.717) is 19.3 Å². The van der Waals surface area contributed by atoms with Crippen molar-refractivity contribution in [3.8, 4) is 0 Å². The maximum atomic E-state index is 11.3. The molecular formula is C8H14N2O3. The Balaban J connectivity index is 2.46.